The zero-order valence-corrected chi connectivity index (χ0v) is 11.0. The quantitative estimate of drug-likeness (QED) is 0.814. The molecule has 0 radical (unpaired) electrons. The van der Waals surface area contributed by atoms with Crippen LogP contribution in [0.1, 0.15) is 39.0 Å². The maximum Gasteiger partial charge on any atom is 0.162 e. The summed E-state index contributed by atoms with van der Waals surface area (Å²) in [5.74, 6) is 1.62. The third-order valence-electron chi connectivity index (χ3n) is 3.74. The highest BCUT2D eigenvalue weighted by Gasteiger charge is 2.29. The monoisotopic (exact) mass is 253 g/mol. The van der Waals surface area contributed by atoms with E-state index in [1.807, 2.05) is 6.92 Å². The highest BCUT2D eigenvalue weighted by molar-refractivity contribution is 8.29. The molecule has 3 rings (SSSR count). The van der Waals surface area contributed by atoms with Gasteiger partial charge in [-0.3, -0.25) is 3.97 Å². The van der Waals surface area contributed by atoms with Gasteiger partial charge in [-0.1, -0.05) is 25.7 Å². The smallest absolute Gasteiger partial charge is 0.162 e. The second-order valence-electron chi connectivity index (χ2n) is 4.97. The predicted molar refractivity (Wildman–Crippen MR) is 72.0 cm³/mol. The van der Waals surface area contributed by atoms with Crippen LogP contribution in [0.2, 0.25) is 0 Å². The van der Waals surface area contributed by atoms with Crippen LogP contribution in [0.15, 0.2) is 17.5 Å². The summed E-state index contributed by atoms with van der Waals surface area (Å²) in [7, 11) is 0. The molecule has 0 aromatic carbocycles. The lowest BCUT2D eigenvalue weighted by Gasteiger charge is -2.26. The molecule has 5 heteroatoms. The van der Waals surface area contributed by atoms with E-state index < -0.39 is 11.1 Å². The number of hydrogen-bond donors (Lipinski definition) is 2. The molecule has 0 spiro atoms. The van der Waals surface area contributed by atoms with Crippen molar-refractivity contribution in [2.45, 2.75) is 44.5 Å². The van der Waals surface area contributed by atoms with Crippen LogP contribution in [0.3, 0.4) is 0 Å². The normalized spacial score (nSPS) is 28.1. The van der Waals surface area contributed by atoms with Crippen molar-refractivity contribution in [1.29, 1.82) is 0 Å². The number of thiol groups is 1. The summed E-state index contributed by atoms with van der Waals surface area (Å²) in [5, 5.41) is 11.5. The Balaban J connectivity index is 1.73. The van der Waals surface area contributed by atoms with Crippen molar-refractivity contribution >= 4 is 21.9 Å². The van der Waals surface area contributed by atoms with Crippen molar-refractivity contribution in [2.75, 3.05) is 0 Å². The lowest BCUT2D eigenvalue weighted by molar-refractivity contribution is 0.223. The van der Waals surface area contributed by atoms with Gasteiger partial charge in [0.2, 0.25) is 0 Å². The second-order valence-corrected chi connectivity index (χ2v) is 7.33. The molecule has 4 nitrogen and oxygen atoms in total. The van der Waals surface area contributed by atoms with E-state index in [0.717, 1.165) is 17.3 Å². The third kappa shape index (κ3) is 2.02. The van der Waals surface area contributed by atoms with Crippen molar-refractivity contribution in [3.05, 3.63) is 12.5 Å². The molecule has 2 aliphatic rings. The summed E-state index contributed by atoms with van der Waals surface area (Å²) < 4.78 is 2.06. The van der Waals surface area contributed by atoms with Gasteiger partial charge in [0.25, 0.3) is 0 Å². The molecular formula is C12H19N3OS. The van der Waals surface area contributed by atoms with E-state index in [1.54, 1.807) is 12.5 Å². The molecule has 1 fully saturated rings. The molecule has 0 saturated heterocycles. The molecule has 1 saturated carbocycles. The number of aliphatic hydroxyl groups is 1. The Morgan fingerprint density at radius 2 is 2.29 bits per heavy atom. The first-order valence-electron chi connectivity index (χ1n) is 6.31. The standard InChI is InChI=1S/C12H19N3OS/c1-9-14-11-7-13-8-15(11)17(9)12(16)6-10-4-2-3-5-10/h7-8,10,12,16-17H,2-6H2,1H3. The first kappa shape index (κ1) is 11.3. The van der Waals surface area contributed by atoms with E-state index in [0.29, 0.717) is 5.92 Å². The zero-order chi connectivity index (χ0) is 11.8. The van der Waals surface area contributed by atoms with Crippen molar-refractivity contribution in [3.8, 4) is 0 Å². The van der Waals surface area contributed by atoms with Crippen molar-refractivity contribution in [2.24, 2.45) is 10.9 Å². The fraction of sp³-hybridized carbons (Fsp3) is 0.667. The Morgan fingerprint density at radius 1 is 1.53 bits per heavy atom. The number of rotatable bonds is 3. The summed E-state index contributed by atoms with van der Waals surface area (Å²) in [6.07, 6.45) is 9.74. The number of nitrogens with zero attached hydrogens (tertiary/aromatic N) is 3. The summed E-state index contributed by atoms with van der Waals surface area (Å²) >= 11 is -0.703. The predicted octanol–water partition coefficient (Wildman–Crippen LogP) is 2.61. The number of aliphatic hydroxyl groups excluding tert-OH is 1. The molecule has 2 heterocycles. The van der Waals surface area contributed by atoms with E-state index in [1.165, 1.54) is 25.7 Å². The zero-order valence-electron chi connectivity index (χ0n) is 10.1. The fourth-order valence-electron chi connectivity index (χ4n) is 2.90. The number of fused-ring (bicyclic) bond motifs is 1. The van der Waals surface area contributed by atoms with E-state index in [2.05, 4.69) is 13.9 Å². The Morgan fingerprint density at radius 3 is 3.06 bits per heavy atom. The number of aliphatic imine (C=N–C) groups is 1. The van der Waals surface area contributed by atoms with Gasteiger partial charge in [-0.15, -0.1) is 11.1 Å². The van der Waals surface area contributed by atoms with Gasteiger partial charge in [-0.25, -0.2) is 9.98 Å². The SMILES string of the molecule is CC1=Nc2cncn2[SH]1C(O)CC1CCCC1. The van der Waals surface area contributed by atoms with Gasteiger partial charge in [0.15, 0.2) is 5.82 Å². The molecular weight excluding hydrogens is 234 g/mol. The molecule has 2 unspecified atom stereocenters. The maximum atomic E-state index is 10.4. The number of imidazole rings is 1. The minimum absolute atomic E-state index is 0.257. The Hall–Kier alpha value is -0.810. The average molecular weight is 253 g/mol. The van der Waals surface area contributed by atoms with Gasteiger partial charge in [-0.2, -0.15) is 0 Å². The molecule has 1 aliphatic heterocycles. The lowest BCUT2D eigenvalue weighted by Crippen LogP contribution is -2.17. The van der Waals surface area contributed by atoms with Crippen molar-refractivity contribution < 1.29 is 5.11 Å². The highest BCUT2D eigenvalue weighted by Crippen LogP contribution is 2.46. The summed E-state index contributed by atoms with van der Waals surface area (Å²) in [4.78, 5) is 8.58. The summed E-state index contributed by atoms with van der Waals surface area (Å²) in [6, 6.07) is 0. The second kappa shape index (κ2) is 4.46. The van der Waals surface area contributed by atoms with Crippen LogP contribution in [-0.4, -0.2) is 24.5 Å². The van der Waals surface area contributed by atoms with Gasteiger partial charge in [0.1, 0.15) is 11.8 Å². The van der Waals surface area contributed by atoms with Gasteiger partial charge >= 0.3 is 0 Å². The van der Waals surface area contributed by atoms with E-state index >= 15 is 0 Å². The Labute approximate surface area is 104 Å². The van der Waals surface area contributed by atoms with E-state index in [9.17, 15) is 5.11 Å². The van der Waals surface area contributed by atoms with Crippen LogP contribution in [0.25, 0.3) is 0 Å². The third-order valence-corrected chi connectivity index (χ3v) is 6.05. The van der Waals surface area contributed by atoms with E-state index in [4.69, 9.17) is 0 Å². The Kier molecular flexibility index (Phi) is 2.96. The van der Waals surface area contributed by atoms with Crippen LogP contribution in [-0.2, 0) is 0 Å². The average Bonchev–Trinajstić information content (AvgIpc) is 2.93. The maximum absolute atomic E-state index is 10.4. The van der Waals surface area contributed by atoms with Crippen LogP contribution < -0.4 is 0 Å². The molecule has 1 aromatic heterocycles. The van der Waals surface area contributed by atoms with E-state index in [-0.39, 0.29) is 5.44 Å². The van der Waals surface area contributed by atoms with Crippen LogP contribution >= 0.6 is 11.1 Å². The van der Waals surface area contributed by atoms with Crippen LogP contribution in [0, 0.1) is 5.92 Å². The molecule has 1 N–H and O–H groups in total. The molecule has 1 aromatic rings. The molecule has 1 aliphatic carbocycles. The van der Waals surface area contributed by atoms with Gasteiger partial charge < -0.3 is 5.11 Å². The molecule has 94 valence electrons. The first-order valence-corrected chi connectivity index (χ1v) is 7.67. The largest absolute Gasteiger partial charge is 0.382 e. The Bertz CT molecular complexity index is 437. The first-order chi connectivity index (χ1) is 8.25. The lowest BCUT2D eigenvalue weighted by atomic mass is 10.1. The molecule has 0 bridgehead atoms. The fourth-order valence-corrected chi connectivity index (χ4v) is 5.12. The topological polar surface area (TPSA) is 50.4 Å². The minimum atomic E-state index is -0.703. The van der Waals surface area contributed by atoms with Gasteiger partial charge in [-0.05, 0) is 19.3 Å². The number of aromatic nitrogens is 2. The number of hydrogen-bond acceptors (Lipinski definition) is 3. The van der Waals surface area contributed by atoms with Gasteiger partial charge in [0, 0.05) is 0 Å². The summed E-state index contributed by atoms with van der Waals surface area (Å²) in [5.41, 5.74) is -0.257. The summed E-state index contributed by atoms with van der Waals surface area (Å²) in [6.45, 7) is 2.02. The van der Waals surface area contributed by atoms with Crippen LogP contribution in [0.4, 0.5) is 5.82 Å². The van der Waals surface area contributed by atoms with Crippen LogP contribution in [0.5, 0.6) is 0 Å². The minimum Gasteiger partial charge on any atom is -0.382 e. The van der Waals surface area contributed by atoms with Gasteiger partial charge in [0.05, 0.1) is 11.2 Å². The molecule has 0 amide bonds. The van der Waals surface area contributed by atoms with Crippen molar-refractivity contribution in [3.63, 3.8) is 0 Å². The molecule has 17 heavy (non-hydrogen) atoms. The molecule has 2 atom stereocenters. The highest BCUT2D eigenvalue weighted by atomic mass is 32.2. The van der Waals surface area contributed by atoms with Crippen molar-refractivity contribution in [1.82, 2.24) is 8.96 Å².